The van der Waals surface area contributed by atoms with Crippen LogP contribution in [-0.4, -0.2) is 31.3 Å². The Morgan fingerprint density at radius 2 is 1.64 bits per heavy atom. The van der Waals surface area contributed by atoms with Gasteiger partial charge in [-0.1, -0.05) is 30.3 Å². The van der Waals surface area contributed by atoms with Crippen molar-refractivity contribution < 1.29 is 23.8 Å². The van der Waals surface area contributed by atoms with Crippen LogP contribution in [0.3, 0.4) is 0 Å². The summed E-state index contributed by atoms with van der Waals surface area (Å²) in [6.07, 6.45) is 3.62. The molecule has 1 N–H and O–H groups in total. The van der Waals surface area contributed by atoms with Crippen molar-refractivity contribution in [3.8, 4) is 11.8 Å². The molecule has 0 saturated heterocycles. The Kier molecular flexibility index (Phi) is 8.06. The van der Waals surface area contributed by atoms with Gasteiger partial charge in [0.05, 0.1) is 28.7 Å². The molecule has 4 rings (SSSR count). The van der Waals surface area contributed by atoms with E-state index < -0.39 is 17.9 Å². The van der Waals surface area contributed by atoms with Crippen LogP contribution in [0, 0.1) is 11.3 Å². The van der Waals surface area contributed by atoms with Crippen molar-refractivity contribution in [3.63, 3.8) is 0 Å². The summed E-state index contributed by atoms with van der Waals surface area (Å²) in [4.78, 5) is 26.8. The predicted molar refractivity (Wildman–Crippen MR) is 134 cm³/mol. The van der Waals surface area contributed by atoms with Gasteiger partial charge in [0.25, 0.3) is 0 Å². The molecule has 1 aliphatic heterocycles. The van der Waals surface area contributed by atoms with Crippen molar-refractivity contribution in [1.29, 1.82) is 5.26 Å². The molecule has 186 valence electrons. The van der Waals surface area contributed by atoms with Crippen LogP contribution >= 0.6 is 0 Å². The number of rotatable bonds is 8. The van der Waals surface area contributed by atoms with Crippen molar-refractivity contribution in [2.75, 3.05) is 13.2 Å². The van der Waals surface area contributed by atoms with Crippen LogP contribution in [0.2, 0.25) is 0 Å². The van der Waals surface area contributed by atoms with E-state index in [1.54, 1.807) is 32.0 Å². The first-order chi connectivity index (χ1) is 17.5. The number of nitrogens with zero attached hydrogens (tertiary/aromatic N) is 1. The topological polar surface area (TPSA) is 97.7 Å². The van der Waals surface area contributed by atoms with E-state index >= 15 is 0 Å². The van der Waals surface area contributed by atoms with Gasteiger partial charge in [-0.05, 0) is 69.4 Å². The maximum atomic E-state index is 13.4. The van der Waals surface area contributed by atoms with Crippen LogP contribution in [0.25, 0.3) is 0 Å². The van der Waals surface area contributed by atoms with Crippen molar-refractivity contribution in [2.45, 2.75) is 51.6 Å². The molecule has 2 aromatic carbocycles. The average Bonchev–Trinajstić information content (AvgIpc) is 3.39. The molecule has 0 spiro atoms. The van der Waals surface area contributed by atoms with E-state index in [-0.39, 0.29) is 19.3 Å². The Morgan fingerprint density at radius 1 is 0.944 bits per heavy atom. The zero-order valence-corrected chi connectivity index (χ0v) is 20.6. The van der Waals surface area contributed by atoms with Crippen LogP contribution in [0.15, 0.2) is 77.1 Å². The number of hydrogen-bond donors (Lipinski definition) is 1. The molecule has 1 fully saturated rings. The lowest BCUT2D eigenvalue weighted by Crippen LogP contribution is -2.33. The fourth-order valence-electron chi connectivity index (χ4n) is 4.77. The van der Waals surface area contributed by atoms with Gasteiger partial charge in [-0.2, -0.15) is 5.26 Å². The molecule has 0 amide bonds. The number of nitrogens with one attached hydrogen (secondary N) is 1. The first-order valence-electron chi connectivity index (χ1n) is 12.2. The highest BCUT2D eigenvalue weighted by Gasteiger charge is 2.39. The normalized spacial score (nSPS) is 17.9. The number of esters is 2. The summed E-state index contributed by atoms with van der Waals surface area (Å²) in [6.45, 7) is 3.81. The number of para-hydroxylation sites is 1. The predicted octanol–water partition coefficient (Wildman–Crippen LogP) is 4.90. The summed E-state index contributed by atoms with van der Waals surface area (Å²) in [5.41, 5.74) is 2.97. The minimum atomic E-state index is -0.726. The fraction of sp³-hybridized carbons (Fsp3) is 0.345. The smallest absolute Gasteiger partial charge is 0.337 e. The van der Waals surface area contributed by atoms with E-state index in [9.17, 15) is 14.9 Å². The second kappa shape index (κ2) is 11.6. The number of carbonyl (C=O) groups is 2. The first-order valence-corrected chi connectivity index (χ1v) is 12.2. The van der Waals surface area contributed by atoms with Crippen molar-refractivity contribution in [2.24, 2.45) is 0 Å². The summed E-state index contributed by atoms with van der Waals surface area (Å²) >= 11 is 0. The standard InChI is InChI=1S/C29H30N2O5/c1-19-25(28(32)35-16-15-34-23-11-4-3-5-12-23)27(22-10-8-9-21(17-22)18-30)26(20(2)31-19)29(33)36-24-13-6-7-14-24/h3-5,8-12,17,24,27,31H,6-7,13-16H2,1-2H3. The van der Waals surface area contributed by atoms with E-state index in [0.717, 1.165) is 25.7 Å². The number of benzene rings is 2. The van der Waals surface area contributed by atoms with Gasteiger partial charge in [-0.25, -0.2) is 9.59 Å². The second-order valence-electron chi connectivity index (χ2n) is 8.98. The molecule has 7 heteroatoms. The fourth-order valence-corrected chi connectivity index (χ4v) is 4.77. The molecule has 0 bridgehead atoms. The summed E-state index contributed by atoms with van der Waals surface area (Å²) in [6, 6.07) is 18.4. The lowest BCUT2D eigenvalue weighted by atomic mass is 9.80. The highest BCUT2D eigenvalue weighted by Crippen LogP contribution is 2.40. The molecule has 1 saturated carbocycles. The molecule has 7 nitrogen and oxygen atoms in total. The van der Waals surface area contributed by atoms with E-state index in [1.807, 2.05) is 36.4 Å². The molecule has 1 aliphatic carbocycles. The van der Waals surface area contributed by atoms with Gasteiger partial charge >= 0.3 is 11.9 Å². The number of ether oxygens (including phenoxy) is 3. The molecule has 0 radical (unpaired) electrons. The van der Waals surface area contributed by atoms with Crippen molar-refractivity contribution in [3.05, 3.63) is 88.3 Å². The average molecular weight is 487 g/mol. The quantitative estimate of drug-likeness (QED) is 0.419. The highest BCUT2D eigenvalue weighted by molar-refractivity contribution is 6.00. The van der Waals surface area contributed by atoms with Gasteiger partial charge in [0.2, 0.25) is 0 Å². The third kappa shape index (κ3) is 5.77. The largest absolute Gasteiger partial charge is 0.490 e. The number of hydrogen-bond acceptors (Lipinski definition) is 7. The Morgan fingerprint density at radius 3 is 2.33 bits per heavy atom. The zero-order valence-electron chi connectivity index (χ0n) is 20.6. The van der Waals surface area contributed by atoms with Crippen LogP contribution in [0.1, 0.15) is 56.6 Å². The summed E-state index contributed by atoms with van der Waals surface area (Å²) < 4.78 is 17.1. The molecule has 2 aliphatic rings. The van der Waals surface area contributed by atoms with E-state index in [4.69, 9.17) is 14.2 Å². The summed E-state index contributed by atoms with van der Waals surface area (Å²) in [5, 5.41) is 12.6. The van der Waals surface area contributed by atoms with E-state index in [0.29, 0.717) is 39.4 Å². The number of dihydropyridines is 1. The van der Waals surface area contributed by atoms with Gasteiger partial charge in [-0.3, -0.25) is 0 Å². The summed E-state index contributed by atoms with van der Waals surface area (Å²) in [7, 11) is 0. The van der Waals surface area contributed by atoms with Crippen LogP contribution < -0.4 is 10.1 Å². The third-order valence-corrected chi connectivity index (χ3v) is 6.45. The Labute approximate surface area is 211 Å². The lowest BCUT2D eigenvalue weighted by molar-refractivity contribution is -0.144. The van der Waals surface area contributed by atoms with E-state index in [2.05, 4.69) is 11.4 Å². The molecular weight excluding hydrogens is 456 g/mol. The molecule has 36 heavy (non-hydrogen) atoms. The lowest BCUT2D eigenvalue weighted by Gasteiger charge is -2.31. The Hall–Kier alpha value is -4.05. The van der Waals surface area contributed by atoms with Gasteiger partial charge in [0.15, 0.2) is 0 Å². The maximum absolute atomic E-state index is 13.4. The number of allylic oxidation sites excluding steroid dienone is 2. The Balaban J connectivity index is 1.59. The zero-order chi connectivity index (χ0) is 25.5. The molecular formula is C29H30N2O5. The Bertz CT molecular complexity index is 1220. The van der Waals surface area contributed by atoms with Gasteiger partial charge in [-0.15, -0.1) is 0 Å². The first kappa shape index (κ1) is 25.1. The van der Waals surface area contributed by atoms with Crippen molar-refractivity contribution >= 4 is 11.9 Å². The van der Waals surface area contributed by atoms with Crippen LogP contribution in [0.4, 0.5) is 0 Å². The minimum absolute atomic E-state index is 0.0417. The van der Waals surface area contributed by atoms with Gasteiger partial charge in [0.1, 0.15) is 25.1 Å². The van der Waals surface area contributed by atoms with Crippen molar-refractivity contribution in [1.82, 2.24) is 5.32 Å². The van der Waals surface area contributed by atoms with Crippen LogP contribution in [-0.2, 0) is 19.1 Å². The molecule has 1 heterocycles. The number of carbonyl (C=O) groups excluding carboxylic acids is 2. The van der Waals surface area contributed by atoms with Crippen LogP contribution in [0.5, 0.6) is 5.75 Å². The monoisotopic (exact) mass is 486 g/mol. The second-order valence-corrected chi connectivity index (χ2v) is 8.98. The highest BCUT2D eigenvalue weighted by atomic mass is 16.6. The minimum Gasteiger partial charge on any atom is -0.490 e. The van der Waals surface area contributed by atoms with E-state index in [1.165, 1.54) is 0 Å². The molecule has 2 aromatic rings. The van der Waals surface area contributed by atoms with Gasteiger partial charge in [0, 0.05) is 11.4 Å². The molecule has 1 unspecified atom stereocenters. The maximum Gasteiger partial charge on any atom is 0.337 e. The number of nitriles is 1. The van der Waals surface area contributed by atoms with Gasteiger partial charge < -0.3 is 19.5 Å². The third-order valence-electron chi connectivity index (χ3n) is 6.45. The SMILES string of the molecule is CC1=C(C(=O)OCCOc2ccccc2)C(c2cccc(C#N)c2)C(C(=O)OC2CCCC2)=C(C)N1. The molecule has 1 atom stereocenters. The molecule has 0 aromatic heterocycles. The summed E-state index contributed by atoms with van der Waals surface area (Å²) in [5.74, 6) is -1.05.